The summed E-state index contributed by atoms with van der Waals surface area (Å²) in [5.74, 6) is 0.851. The van der Waals surface area contributed by atoms with Crippen molar-refractivity contribution in [2.24, 2.45) is 4.99 Å². The average Bonchev–Trinajstić information content (AvgIpc) is 2.76. The Bertz CT molecular complexity index is 973. The van der Waals surface area contributed by atoms with Crippen molar-refractivity contribution in [3.8, 4) is 11.5 Å². The van der Waals surface area contributed by atoms with Crippen LogP contribution in [0.15, 0.2) is 66.0 Å². The van der Waals surface area contributed by atoms with E-state index in [0.29, 0.717) is 30.0 Å². The molecular formula is C22H24ClFIN5O. The van der Waals surface area contributed by atoms with Crippen LogP contribution in [0, 0.1) is 5.82 Å². The molecule has 0 saturated carbocycles. The minimum atomic E-state index is -0.445. The second kappa shape index (κ2) is 13.1. The number of guanidine groups is 1. The van der Waals surface area contributed by atoms with Crippen molar-refractivity contribution in [1.82, 2.24) is 20.6 Å². The average molecular weight is 556 g/mol. The zero-order valence-corrected chi connectivity index (χ0v) is 20.1. The van der Waals surface area contributed by atoms with E-state index in [-0.39, 0.29) is 29.7 Å². The molecule has 0 radical (unpaired) electrons. The number of pyridine rings is 2. The molecule has 0 aliphatic carbocycles. The van der Waals surface area contributed by atoms with Crippen LogP contribution in [0.1, 0.15) is 18.1 Å². The third-order valence-electron chi connectivity index (χ3n) is 4.12. The van der Waals surface area contributed by atoms with Gasteiger partial charge in [0.05, 0.1) is 12.7 Å². The van der Waals surface area contributed by atoms with Gasteiger partial charge in [0.15, 0.2) is 17.5 Å². The fourth-order valence-electron chi connectivity index (χ4n) is 2.65. The SMILES string of the molecule is CCNC(=NCc1ccc(Oc2cccnc2)c(F)c1)NCCc1ccc(Cl)nc1.I. The fraction of sp³-hybridized carbons (Fsp3) is 0.227. The maximum Gasteiger partial charge on any atom is 0.191 e. The summed E-state index contributed by atoms with van der Waals surface area (Å²) in [6.07, 6.45) is 5.70. The van der Waals surface area contributed by atoms with Crippen molar-refractivity contribution in [3.05, 3.63) is 83.2 Å². The van der Waals surface area contributed by atoms with Crippen molar-refractivity contribution < 1.29 is 9.13 Å². The first kappa shape index (κ1) is 24.8. The molecule has 0 saturated heterocycles. The highest BCUT2D eigenvalue weighted by Gasteiger charge is 2.07. The maximum atomic E-state index is 14.4. The summed E-state index contributed by atoms with van der Waals surface area (Å²) in [4.78, 5) is 12.6. The molecule has 6 nitrogen and oxygen atoms in total. The van der Waals surface area contributed by atoms with E-state index < -0.39 is 5.82 Å². The van der Waals surface area contributed by atoms with Crippen LogP contribution < -0.4 is 15.4 Å². The van der Waals surface area contributed by atoms with Crippen molar-refractivity contribution in [3.63, 3.8) is 0 Å². The molecule has 0 fully saturated rings. The zero-order valence-electron chi connectivity index (χ0n) is 17.0. The topological polar surface area (TPSA) is 71.4 Å². The number of halogens is 3. The van der Waals surface area contributed by atoms with Crippen molar-refractivity contribution in [2.75, 3.05) is 13.1 Å². The van der Waals surface area contributed by atoms with Crippen LogP contribution in [0.2, 0.25) is 5.15 Å². The second-order valence-electron chi connectivity index (χ2n) is 6.42. The predicted octanol–water partition coefficient (Wildman–Crippen LogP) is 4.98. The molecule has 0 aliphatic heterocycles. The molecule has 164 valence electrons. The smallest absolute Gasteiger partial charge is 0.191 e. The van der Waals surface area contributed by atoms with E-state index in [1.807, 2.05) is 13.0 Å². The summed E-state index contributed by atoms with van der Waals surface area (Å²) >= 11 is 5.80. The fourth-order valence-corrected chi connectivity index (χ4v) is 2.76. The number of hydrogen-bond acceptors (Lipinski definition) is 4. The number of nitrogens with zero attached hydrogens (tertiary/aromatic N) is 3. The van der Waals surface area contributed by atoms with Crippen molar-refractivity contribution in [1.29, 1.82) is 0 Å². The number of rotatable bonds is 8. The molecule has 31 heavy (non-hydrogen) atoms. The monoisotopic (exact) mass is 555 g/mol. The lowest BCUT2D eigenvalue weighted by atomic mass is 10.2. The normalized spacial score (nSPS) is 10.9. The van der Waals surface area contributed by atoms with E-state index in [0.717, 1.165) is 24.1 Å². The molecule has 2 N–H and O–H groups in total. The predicted molar refractivity (Wildman–Crippen MR) is 132 cm³/mol. The van der Waals surface area contributed by atoms with Crippen LogP contribution in [0.3, 0.4) is 0 Å². The van der Waals surface area contributed by atoms with E-state index in [9.17, 15) is 4.39 Å². The first-order valence-electron chi connectivity index (χ1n) is 9.63. The van der Waals surface area contributed by atoms with Gasteiger partial charge in [-0.2, -0.15) is 0 Å². The van der Waals surface area contributed by atoms with Gasteiger partial charge in [-0.1, -0.05) is 23.7 Å². The maximum absolute atomic E-state index is 14.4. The minimum Gasteiger partial charge on any atom is -0.453 e. The Morgan fingerprint density at radius 1 is 1.13 bits per heavy atom. The Kier molecular flexibility index (Phi) is 10.5. The van der Waals surface area contributed by atoms with Crippen molar-refractivity contribution in [2.45, 2.75) is 19.9 Å². The third-order valence-corrected chi connectivity index (χ3v) is 4.34. The Labute approximate surface area is 203 Å². The van der Waals surface area contributed by atoms with Gasteiger partial charge in [0.2, 0.25) is 0 Å². The summed E-state index contributed by atoms with van der Waals surface area (Å²) < 4.78 is 19.9. The van der Waals surface area contributed by atoms with E-state index in [4.69, 9.17) is 16.3 Å². The van der Waals surface area contributed by atoms with E-state index in [1.165, 1.54) is 12.3 Å². The highest BCUT2D eigenvalue weighted by molar-refractivity contribution is 14.0. The highest BCUT2D eigenvalue weighted by Crippen LogP contribution is 2.24. The number of ether oxygens (including phenoxy) is 1. The number of aliphatic imine (C=N–C) groups is 1. The number of hydrogen-bond donors (Lipinski definition) is 2. The van der Waals surface area contributed by atoms with Gasteiger partial charge in [-0.15, -0.1) is 24.0 Å². The summed E-state index contributed by atoms with van der Waals surface area (Å²) in [6, 6.07) is 12.0. The molecule has 0 aliphatic rings. The third kappa shape index (κ3) is 8.29. The Hall–Kier alpha value is -2.46. The lowest BCUT2D eigenvalue weighted by Crippen LogP contribution is -2.38. The molecule has 2 heterocycles. The Morgan fingerprint density at radius 3 is 2.65 bits per heavy atom. The highest BCUT2D eigenvalue weighted by atomic mass is 127. The summed E-state index contributed by atoms with van der Waals surface area (Å²) in [6.45, 7) is 3.73. The van der Waals surface area contributed by atoms with Gasteiger partial charge in [-0.05, 0) is 54.8 Å². The van der Waals surface area contributed by atoms with Gasteiger partial charge in [0.1, 0.15) is 10.9 Å². The van der Waals surface area contributed by atoms with Crippen LogP contribution in [0.25, 0.3) is 0 Å². The number of nitrogens with one attached hydrogen (secondary N) is 2. The van der Waals surface area contributed by atoms with Gasteiger partial charge >= 0.3 is 0 Å². The van der Waals surface area contributed by atoms with Crippen molar-refractivity contribution >= 4 is 41.5 Å². The Balaban J connectivity index is 0.00000341. The molecule has 2 aromatic heterocycles. The van der Waals surface area contributed by atoms with E-state index in [2.05, 4.69) is 25.6 Å². The molecule has 0 spiro atoms. The quantitative estimate of drug-likeness (QED) is 0.178. The molecule has 3 rings (SSSR count). The van der Waals surface area contributed by atoms with Gasteiger partial charge in [-0.25, -0.2) is 14.4 Å². The summed E-state index contributed by atoms with van der Waals surface area (Å²) in [5.41, 5.74) is 1.82. The van der Waals surface area contributed by atoms with Crippen LogP contribution in [0.5, 0.6) is 11.5 Å². The molecule has 9 heteroatoms. The Morgan fingerprint density at radius 2 is 1.97 bits per heavy atom. The van der Waals surface area contributed by atoms with E-state index >= 15 is 0 Å². The summed E-state index contributed by atoms with van der Waals surface area (Å²) in [5, 5.41) is 6.93. The largest absolute Gasteiger partial charge is 0.453 e. The first-order chi connectivity index (χ1) is 14.6. The molecule has 0 atom stereocenters. The van der Waals surface area contributed by atoms with Crippen LogP contribution in [-0.2, 0) is 13.0 Å². The lowest BCUT2D eigenvalue weighted by molar-refractivity contribution is 0.440. The van der Waals surface area contributed by atoms with Crippen LogP contribution in [-0.4, -0.2) is 29.0 Å². The van der Waals surface area contributed by atoms with Gasteiger partial charge < -0.3 is 15.4 Å². The first-order valence-corrected chi connectivity index (χ1v) is 10.0. The molecule has 1 aromatic carbocycles. The van der Waals surface area contributed by atoms with Gasteiger partial charge in [-0.3, -0.25) is 4.98 Å². The second-order valence-corrected chi connectivity index (χ2v) is 6.80. The lowest BCUT2D eigenvalue weighted by Gasteiger charge is -2.12. The van der Waals surface area contributed by atoms with E-state index in [1.54, 1.807) is 42.7 Å². The molecule has 0 bridgehead atoms. The summed E-state index contributed by atoms with van der Waals surface area (Å²) in [7, 11) is 0. The van der Waals surface area contributed by atoms with Gasteiger partial charge in [0, 0.05) is 25.5 Å². The number of aromatic nitrogens is 2. The van der Waals surface area contributed by atoms with Crippen LogP contribution >= 0.6 is 35.6 Å². The molecular weight excluding hydrogens is 532 g/mol. The number of benzene rings is 1. The minimum absolute atomic E-state index is 0. The molecule has 3 aromatic rings. The van der Waals surface area contributed by atoms with Gasteiger partial charge in [0.25, 0.3) is 0 Å². The van der Waals surface area contributed by atoms with Crippen LogP contribution in [0.4, 0.5) is 4.39 Å². The standard InChI is InChI=1S/C22H23ClFN5O.HI/c1-2-26-22(27-11-9-16-6-8-21(23)28-13-16)29-14-17-5-7-20(19(24)12-17)30-18-4-3-10-25-15-18;/h3-8,10,12-13,15H,2,9,11,14H2,1H3,(H2,26,27,29);1H. The molecule has 0 amide bonds. The molecule has 0 unspecified atom stereocenters. The zero-order chi connectivity index (χ0) is 21.2.